The number of nitrogens with zero attached hydrogens (tertiary/aromatic N) is 2. The highest BCUT2D eigenvalue weighted by Gasteiger charge is 2.14. The maximum absolute atomic E-state index is 5.56. The van der Waals surface area contributed by atoms with E-state index in [4.69, 9.17) is 9.47 Å². The first kappa shape index (κ1) is 12.3. The van der Waals surface area contributed by atoms with Crippen LogP contribution in [0.25, 0.3) is 0 Å². The zero-order chi connectivity index (χ0) is 12.1. The molecule has 5 nitrogen and oxygen atoms in total. The van der Waals surface area contributed by atoms with Crippen molar-refractivity contribution in [1.82, 2.24) is 9.97 Å². The normalized spacial score (nSPS) is 20.2. The zero-order valence-electron chi connectivity index (χ0n) is 10.4. The van der Waals surface area contributed by atoms with E-state index >= 15 is 0 Å². The molecule has 1 aliphatic heterocycles. The highest BCUT2D eigenvalue weighted by Crippen LogP contribution is 2.08. The van der Waals surface area contributed by atoms with Crippen molar-refractivity contribution in [2.75, 3.05) is 31.7 Å². The Labute approximate surface area is 102 Å². The molecule has 1 aliphatic rings. The monoisotopic (exact) mass is 237 g/mol. The highest BCUT2D eigenvalue weighted by molar-refractivity contribution is 5.36. The van der Waals surface area contributed by atoms with Gasteiger partial charge in [-0.1, -0.05) is 6.92 Å². The lowest BCUT2D eigenvalue weighted by atomic mass is 10.3. The molecule has 0 aliphatic carbocycles. The van der Waals surface area contributed by atoms with Gasteiger partial charge in [-0.15, -0.1) is 0 Å². The third-order valence-corrected chi connectivity index (χ3v) is 2.65. The van der Waals surface area contributed by atoms with E-state index < -0.39 is 0 Å². The Bertz CT molecular complexity index is 365. The molecule has 1 aromatic rings. The molecule has 0 spiro atoms. The molecule has 1 aromatic heterocycles. The molecular formula is C12H19N3O2. The van der Waals surface area contributed by atoms with E-state index in [0.717, 1.165) is 30.3 Å². The Morgan fingerprint density at radius 1 is 1.41 bits per heavy atom. The number of anilines is 1. The number of ether oxygens (including phenoxy) is 2. The average molecular weight is 237 g/mol. The van der Waals surface area contributed by atoms with E-state index in [0.29, 0.717) is 19.8 Å². The van der Waals surface area contributed by atoms with Crippen LogP contribution in [0.3, 0.4) is 0 Å². The fraction of sp³-hybridized carbons (Fsp3) is 0.667. The van der Waals surface area contributed by atoms with Crippen molar-refractivity contribution in [2.24, 2.45) is 0 Å². The van der Waals surface area contributed by atoms with Crippen LogP contribution in [-0.2, 0) is 15.9 Å². The summed E-state index contributed by atoms with van der Waals surface area (Å²) < 4.78 is 10.9. The van der Waals surface area contributed by atoms with Crippen LogP contribution in [0.2, 0.25) is 0 Å². The molecule has 1 fully saturated rings. The van der Waals surface area contributed by atoms with Gasteiger partial charge in [-0.3, -0.25) is 0 Å². The maximum atomic E-state index is 5.56. The summed E-state index contributed by atoms with van der Waals surface area (Å²) in [6, 6.07) is 1.98. The van der Waals surface area contributed by atoms with E-state index in [1.165, 1.54) is 0 Å². The van der Waals surface area contributed by atoms with Gasteiger partial charge < -0.3 is 14.8 Å². The van der Waals surface area contributed by atoms with Gasteiger partial charge in [0.25, 0.3) is 0 Å². The van der Waals surface area contributed by atoms with E-state index in [1.807, 2.05) is 13.0 Å². The first-order chi connectivity index (χ1) is 8.28. The van der Waals surface area contributed by atoms with Crippen molar-refractivity contribution in [3.63, 3.8) is 0 Å². The summed E-state index contributed by atoms with van der Waals surface area (Å²) in [5, 5.41) is 3.27. The van der Waals surface area contributed by atoms with Crippen LogP contribution < -0.4 is 5.32 Å². The fourth-order valence-electron chi connectivity index (χ4n) is 1.77. The number of aromatic nitrogens is 2. The fourth-order valence-corrected chi connectivity index (χ4v) is 1.77. The molecule has 1 saturated heterocycles. The number of nitrogens with one attached hydrogen (secondary N) is 1. The van der Waals surface area contributed by atoms with Crippen molar-refractivity contribution < 1.29 is 9.47 Å². The third kappa shape index (κ3) is 3.64. The molecule has 17 heavy (non-hydrogen) atoms. The van der Waals surface area contributed by atoms with E-state index in [1.54, 1.807) is 0 Å². The van der Waals surface area contributed by atoms with Crippen LogP contribution in [0.15, 0.2) is 6.07 Å². The van der Waals surface area contributed by atoms with Gasteiger partial charge >= 0.3 is 0 Å². The smallest absolute Gasteiger partial charge is 0.130 e. The zero-order valence-corrected chi connectivity index (χ0v) is 10.4. The van der Waals surface area contributed by atoms with Gasteiger partial charge in [-0.2, -0.15) is 0 Å². The summed E-state index contributed by atoms with van der Waals surface area (Å²) in [6.45, 7) is 6.74. The predicted octanol–water partition coefficient (Wildman–Crippen LogP) is 1.17. The largest absolute Gasteiger partial charge is 0.376 e. The van der Waals surface area contributed by atoms with Gasteiger partial charge in [-0.25, -0.2) is 9.97 Å². The van der Waals surface area contributed by atoms with E-state index in [9.17, 15) is 0 Å². The Morgan fingerprint density at radius 2 is 2.29 bits per heavy atom. The van der Waals surface area contributed by atoms with Crippen LogP contribution in [0.4, 0.5) is 5.82 Å². The summed E-state index contributed by atoms with van der Waals surface area (Å²) in [6.07, 6.45) is 1.03. The minimum Gasteiger partial charge on any atom is -0.376 e. The second-order valence-electron chi connectivity index (χ2n) is 4.09. The van der Waals surface area contributed by atoms with Gasteiger partial charge in [0.15, 0.2) is 0 Å². The summed E-state index contributed by atoms with van der Waals surface area (Å²) in [5.41, 5.74) is 1.06. The number of rotatable bonds is 4. The first-order valence-electron chi connectivity index (χ1n) is 6.05. The lowest BCUT2D eigenvalue weighted by Crippen LogP contribution is -2.34. The lowest BCUT2D eigenvalue weighted by molar-refractivity contribution is -0.0819. The average Bonchev–Trinajstić information content (AvgIpc) is 2.37. The molecule has 0 aromatic carbocycles. The molecule has 2 heterocycles. The minimum atomic E-state index is 0.115. The lowest BCUT2D eigenvalue weighted by Gasteiger charge is -2.23. The van der Waals surface area contributed by atoms with Gasteiger partial charge in [0.1, 0.15) is 11.6 Å². The summed E-state index contributed by atoms with van der Waals surface area (Å²) in [5.74, 6) is 1.66. The molecule has 5 heteroatoms. The van der Waals surface area contributed by atoms with Gasteiger partial charge in [-0.05, 0) is 13.3 Å². The van der Waals surface area contributed by atoms with Crippen LogP contribution in [0.1, 0.15) is 18.4 Å². The van der Waals surface area contributed by atoms with Crippen LogP contribution >= 0.6 is 0 Å². The van der Waals surface area contributed by atoms with Crippen LogP contribution in [0.5, 0.6) is 0 Å². The van der Waals surface area contributed by atoms with Gasteiger partial charge in [0.2, 0.25) is 0 Å². The third-order valence-electron chi connectivity index (χ3n) is 2.65. The second-order valence-corrected chi connectivity index (χ2v) is 4.09. The Hall–Kier alpha value is -1.20. The SMILES string of the molecule is CCc1cc(NCC2COCCO2)nc(C)n1. The molecule has 1 unspecified atom stereocenters. The molecule has 1 N–H and O–H groups in total. The quantitative estimate of drug-likeness (QED) is 0.852. The number of aryl methyl sites for hydroxylation is 2. The van der Waals surface area contributed by atoms with E-state index in [-0.39, 0.29) is 6.10 Å². The minimum absolute atomic E-state index is 0.115. The summed E-state index contributed by atoms with van der Waals surface area (Å²) in [4.78, 5) is 8.69. The van der Waals surface area contributed by atoms with Crippen molar-refractivity contribution in [2.45, 2.75) is 26.4 Å². The highest BCUT2D eigenvalue weighted by atomic mass is 16.6. The van der Waals surface area contributed by atoms with Gasteiger partial charge in [0.05, 0.1) is 25.9 Å². The van der Waals surface area contributed by atoms with Crippen molar-refractivity contribution in [3.8, 4) is 0 Å². The number of hydrogen-bond acceptors (Lipinski definition) is 5. The van der Waals surface area contributed by atoms with Crippen molar-refractivity contribution in [1.29, 1.82) is 0 Å². The molecule has 0 saturated carbocycles. The molecule has 2 rings (SSSR count). The Balaban J connectivity index is 1.91. The summed E-state index contributed by atoms with van der Waals surface area (Å²) in [7, 11) is 0. The van der Waals surface area contributed by atoms with E-state index in [2.05, 4.69) is 22.2 Å². The molecule has 0 radical (unpaired) electrons. The molecule has 94 valence electrons. The molecular weight excluding hydrogens is 218 g/mol. The Morgan fingerprint density at radius 3 is 3.00 bits per heavy atom. The predicted molar refractivity (Wildman–Crippen MR) is 65.2 cm³/mol. The maximum Gasteiger partial charge on any atom is 0.130 e. The first-order valence-corrected chi connectivity index (χ1v) is 6.05. The number of hydrogen-bond donors (Lipinski definition) is 1. The van der Waals surface area contributed by atoms with Gasteiger partial charge in [0, 0.05) is 18.3 Å². The second kappa shape index (κ2) is 5.93. The topological polar surface area (TPSA) is 56.3 Å². The van der Waals surface area contributed by atoms with Crippen LogP contribution in [-0.4, -0.2) is 42.4 Å². The van der Waals surface area contributed by atoms with Crippen molar-refractivity contribution in [3.05, 3.63) is 17.6 Å². The molecule has 1 atom stereocenters. The van der Waals surface area contributed by atoms with Crippen molar-refractivity contribution >= 4 is 5.82 Å². The molecule has 0 bridgehead atoms. The molecule has 0 amide bonds. The summed E-state index contributed by atoms with van der Waals surface area (Å²) >= 11 is 0. The van der Waals surface area contributed by atoms with Crippen LogP contribution in [0, 0.1) is 6.92 Å². The standard InChI is InChI=1S/C12H19N3O2/c1-3-10-6-12(15-9(2)14-10)13-7-11-8-16-4-5-17-11/h6,11H,3-5,7-8H2,1-2H3,(H,13,14,15). The Kier molecular flexibility index (Phi) is 4.28.